The van der Waals surface area contributed by atoms with Gasteiger partial charge in [-0.2, -0.15) is 8.78 Å². The molecule has 5 nitrogen and oxygen atoms in total. The van der Waals surface area contributed by atoms with Gasteiger partial charge in [0.05, 0.1) is 5.56 Å². The van der Waals surface area contributed by atoms with E-state index in [4.69, 9.17) is 0 Å². The second kappa shape index (κ2) is 7.35. The van der Waals surface area contributed by atoms with E-state index in [0.29, 0.717) is 11.4 Å². The van der Waals surface area contributed by atoms with E-state index in [2.05, 4.69) is 15.4 Å². The van der Waals surface area contributed by atoms with Crippen molar-refractivity contribution in [1.82, 2.24) is 0 Å². The third-order valence-corrected chi connectivity index (χ3v) is 2.81. The predicted molar refractivity (Wildman–Crippen MR) is 81.8 cm³/mol. The number of amides is 2. The van der Waals surface area contributed by atoms with Crippen LogP contribution in [0.2, 0.25) is 0 Å². The maximum Gasteiger partial charge on any atom is 0.387 e. The third kappa shape index (κ3) is 4.77. The number of nitrogens with one attached hydrogen (secondary N) is 2. The van der Waals surface area contributed by atoms with Crippen LogP contribution < -0.4 is 15.4 Å². The van der Waals surface area contributed by atoms with E-state index >= 15 is 0 Å². The van der Waals surface area contributed by atoms with E-state index in [1.807, 2.05) is 0 Å². The lowest BCUT2D eigenvalue weighted by molar-refractivity contribution is -0.114. The quantitative estimate of drug-likeness (QED) is 0.886. The molecule has 2 rings (SSSR count). The highest BCUT2D eigenvalue weighted by Crippen LogP contribution is 2.22. The number of alkyl halides is 2. The van der Waals surface area contributed by atoms with Crippen molar-refractivity contribution in [2.45, 2.75) is 13.5 Å². The molecule has 0 aliphatic heterocycles. The summed E-state index contributed by atoms with van der Waals surface area (Å²) in [4.78, 5) is 23.1. The summed E-state index contributed by atoms with van der Waals surface area (Å²) in [6, 6.07) is 12.1. The van der Waals surface area contributed by atoms with Crippen molar-refractivity contribution in [3.05, 3.63) is 54.1 Å². The van der Waals surface area contributed by atoms with E-state index in [9.17, 15) is 18.4 Å². The lowest BCUT2D eigenvalue weighted by Crippen LogP contribution is -2.15. The van der Waals surface area contributed by atoms with E-state index in [0.717, 1.165) is 0 Å². The minimum Gasteiger partial charge on any atom is -0.434 e. The number of anilines is 2. The molecule has 0 spiro atoms. The average Bonchev–Trinajstić information content (AvgIpc) is 2.48. The third-order valence-electron chi connectivity index (χ3n) is 2.81. The van der Waals surface area contributed by atoms with Crippen molar-refractivity contribution in [3.63, 3.8) is 0 Å². The first-order chi connectivity index (χ1) is 11.0. The number of hydrogen-bond donors (Lipinski definition) is 2. The van der Waals surface area contributed by atoms with Gasteiger partial charge in [-0.15, -0.1) is 0 Å². The Morgan fingerprint density at radius 3 is 2.09 bits per heavy atom. The minimum atomic E-state index is -3.01. The molecule has 0 aliphatic carbocycles. The highest BCUT2D eigenvalue weighted by atomic mass is 19.3. The fraction of sp³-hybridized carbons (Fsp3) is 0.125. The largest absolute Gasteiger partial charge is 0.434 e. The second-order valence-corrected chi connectivity index (χ2v) is 4.59. The van der Waals surface area contributed by atoms with Crippen molar-refractivity contribution in [2.75, 3.05) is 10.6 Å². The molecule has 0 unspecified atom stereocenters. The SMILES string of the molecule is CC(=O)Nc1ccc(NC(=O)c2ccccc2OC(F)F)cc1. The first kappa shape index (κ1) is 16.4. The van der Waals surface area contributed by atoms with E-state index in [1.54, 1.807) is 30.3 Å². The summed E-state index contributed by atoms with van der Waals surface area (Å²) in [5.41, 5.74) is 1.03. The highest BCUT2D eigenvalue weighted by molar-refractivity contribution is 6.06. The van der Waals surface area contributed by atoms with Crippen molar-refractivity contribution < 1.29 is 23.1 Å². The Morgan fingerprint density at radius 2 is 1.52 bits per heavy atom. The molecule has 23 heavy (non-hydrogen) atoms. The van der Waals surface area contributed by atoms with Crippen LogP contribution in [0, 0.1) is 0 Å². The summed E-state index contributed by atoms with van der Waals surface area (Å²) in [6.45, 7) is -1.63. The maximum absolute atomic E-state index is 12.4. The highest BCUT2D eigenvalue weighted by Gasteiger charge is 2.15. The minimum absolute atomic E-state index is 0.00117. The van der Waals surface area contributed by atoms with Crippen LogP contribution in [0.25, 0.3) is 0 Å². The van der Waals surface area contributed by atoms with Gasteiger partial charge in [0, 0.05) is 18.3 Å². The van der Waals surface area contributed by atoms with Gasteiger partial charge in [0.25, 0.3) is 5.91 Å². The lowest BCUT2D eigenvalue weighted by Gasteiger charge is -2.11. The topological polar surface area (TPSA) is 67.4 Å². The molecule has 2 aromatic rings. The Morgan fingerprint density at radius 1 is 0.957 bits per heavy atom. The number of hydrogen-bond acceptors (Lipinski definition) is 3. The summed E-state index contributed by atoms with van der Waals surface area (Å²) in [6.07, 6.45) is 0. The van der Waals surface area contributed by atoms with Gasteiger partial charge in [-0.3, -0.25) is 9.59 Å². The van der Waals surface area contributed by atoms with E-state index in [1.165, 1.54) is 25.1 Å². The molecule has 0 fully saturated rings. The van der Waals surface area contributed by atoms with Crippen molar-refractivity contribution in [1.29, 1.82) is 0 Å². The molecule has 120 valence electrons. The van der Waals surface area contributed by atoms with Crippen molar-refractivity contribution in [3.8, 4) is 5.75 Å². The Kier molecular flexibility index (Phi) is 5.24. The standard InChI is InChI=1S/C16H14F2N2O3/c1-10(21)19-11-6-8-12(9-7-11)20-15(22)13-4-2-3-5-14(13)23-16(17)18/h2-9,16H,1H3,(H,19,21)(H,20,22). The second-order valence-electron chi connectivity index (χ2n) is 4.59. The van der Waals surface area contributed by atoms with E-state index < -0.39 is 12.5 Å². The number of para-hydroxylation sites is 1. The van der Waals surface area contributed by atoms with Crippen LogP contribution in [-0.2, 0) is 4.79 Å². The fourth-order valence-corrected chi connectivity index (χ4v) is 1.89. The maximum atomic E-state index is 12.4. The number of benzene rings is 2. The van der Waals surface area contributed by atoms with Gasteiger partial charge in [0.15, 0.2) is 0 Å². The number of carbonyl (C=O) groups excluding carboxylic acids is 2. The first-order valence-electron chi connectivity index (χ1n) is 6.68. The molecular formula is C16H14F2N2O3. The molecule has 2 amide bonds. The molecule has 0 atom stereocenters. The molecule has 0 radical (unpaired) electrons. The van der Waals surface area contributed by atoms with Crippen molar-refractivity contribution in [2.24, 2.45) is 0 Å². The Bertz CT molecular complexity index is 703. The number of halogens is 2. The molecule has 0 bridgehead atoms. The zero-order valence-corrected chi connectivity index (χ0v) is 12.2. The predicted octanol–water partition coefficient (Wildman–Crippen LogP) is 3.50. The van der Waals surface area contributed by atoms with Crippen LogP contribution in [0.5, 0.6) is 5.75 Å². The van der Waals surface area contributed by atoms with Gasteiger partial charge < -0.3 is 15.4 Å². The molecule has 2 aromatic carbocycles. The number of carbonyl (C=O) groups is 2. The zero-order valence-electron chi connectivity index (χ0n) is 12.2. The first-order valence-corrected chi connectivity index (χ1v) is 6.68. The average molecular weight is 320 g/mol. The summed E-state index contributed by atoms with van der Waals surface area (Å²) in [7, 11) is 0. The smallest absolute Gasteiger partial charge is 0.387 e. The fourth-order valence-electron chi connectivity index (χ4n) is 1.89. The molecule has 0 aliphatic rings. The molecule has 7 heteroatoms. The van der Waals surface area contributed by atoms with Crippen LogP contribution in [-0.4, -0.2) is 18.4 Å². The zero-order chi connectivity index (χ0) is 16.8. The lowest BCUT2D eigenvalue weighted by atomic mass is 10.2. The molecular weight excluding hydrogens is 306 g/mol. The molecule has 2 N–H and O–H groups in total. The Labute approximate surface area is 131 Å². The number of rotatable bonds is 5. The number of ether oxygens (including phenoxy) is 1. The normalized spacial score (nSPS) is 10.3. The van der Waals surface area contributed by atoms with Gasteiger partial charge in [-0.05, 0) is 36.4 Å². The molecule has 0 aromatic heterocycles. The van der Waals surface area contributed by atoms with Crippen LogP contribution in [0.15, 0.2) is 48.5 Å². The Balaban J connectivity index is 2.11. The summed E-state index contributed by atoms with van der Waals surface area (Å²) >= 11 is 0. The van der Waals surface area contributed by atoms with Gasteiger partial charge in [0.1, 0.15) is 5.75 Å². The monoisotopic (exact) mass is 320 g/mol. The van der Waals surface area contributed by atoms with Crippen LogP contribution in [0.3, 0.4) is 0 Å². The van der Waals surface area contributed by atoms with Gasteiger partial charge in [-0.1, -0.05) is 12.1 Å². The Hall–Kier alpha value is -2.96. The van der Waals surface area contributed by atoms with Crippen molar-refractivity contribution >= 4 is 23.2 Å². The molecule has 0 saturated heterocycles. The molecule has 0 heterocycles. The summed E-state index contributed by atoms with van der Waals surface area (Å²) in [5, 5.41) is 5.17. The van der Waals surface area contributed by atoms with Gasteiger partial charge >= 0.3 is 6.61 Å². The van der Waals surface area contributed by atoms with Gasteiger partial charge in [-0.25, -0.2) is 0 Å². The summed E-state index contributed by atoms with van der Waals surface area (Å²) in [5.74, 6) is -0.983. The van der Waals surface area contributed by atoms with Crippen LogP contribution in [0.4, 0.5) is 20.2 Å². The van der Waals surface area contributed by atoms with Crippen LogP contribution in [0.1, 0.15) is 17.3 Å². The van der Waals surface area contributed by atoms with Crippen LogP contribution >= 0.6 is 0 Å². The van der Waals surface area contributed by atoms with Gasteiger partial charge in [0.2, 0.25) is 5.91 Å². The summed E-state index contributed by atoms with van der Waals surface area (Å²) < 4.78 is 29.0. The molecule has 0 saturated carbocycles. The van der Waals surface area contributed by atoms with E-state index in [-0.39, 0.29) is 17.2 Å².